The second-order valence-electron chi connectivity index (χ2n) is 8.01. The van der Waals surface area contributed by atoms with Gasteiger partial charge < -0.3 is 19.0 Å². The Bertz CT molecular complexity index is 1030. The highest BCUT2D eigenvalue weighted by molar-refractivity contribution is 5.73. The zero-order chi connectivity index (χ0) is 21.8. The van der Waals surface area contributed by atoms with Gasteiger partial charge in [0, 0.05) is 11.6 Å². The van der Waals surface area contributed by atoms with Crippen LogP contribution in [0, 0.1) is 0 Å². The number of hydrogen-bond acceptors (Lipinski definition) is 7. The van der Waals surface area contributed by atoms with Crippen LogP contribution in [0.25, 0.3) is 6.08 Å². The summed E-state index contributed by atoms with van der Waals surface area (Å²) in [6, 6.07) is 8.90. The van der Waals surface area contributed by atoms with Crippen molar-refractivity contribution in [3.63, 3.8) is 0 Å². The molecule has 3 heterocycles. The molecule has 2 aliphatic rings. The van der Waals surface area contributed by atoms with Gasteiger partial charge in [0.15, 0.2) is 5.76 Å². The van der Waals surface area contributed by atoms with Crippen molar-refractivity contribution < 1.29 is 23.8 Å². The van der Waals surface area contributed by atoms with E-state index in [-0.39, 0.29) is 18.8 Å². The molecule has 7 heteroatoms. The predicted molar refractivity (Wildman–Crippen MR) is 115 cm³/mol. The maximum absolute atomic E-state index is 12.5. The molecule has 0 aliphatic carbocycles. The van der Waals surface area contributed by atoms with E-state index < -0.39 is 23.1 Å². The summed E-state index contributed by atoms with van der Waals surface area (Å²) < 4.78 is 16.8. The van der Waals surface area contributed by atoms with E-state index in [1.165, 1.54) is 19.6 Å². The zero-order valence-electron chi connectivity index (χ0n) is 17.6. The van der Waals surface area contributed by atoms with E-state index in [2.05, 4.69) is 4.90 Å². The molecule has 0 bridgehead atoms. The molecule has 4 rings (SSSR count). The van der Waals surface area contributed by atoms with Gasteiger partial charge in [-0.1, -0.05) is 24.6 Å². The van der Waals surface area contributed by atoms with Gasteiger partial charge in [-0.3, -0.25) is 14.5 Å². The summed E-state index contributed by atoms with van der Waals surface area (Å²) in [4.78, 5) is 27.0. The van der Waals surface area contributed by atoms with Gasteiger partial charge in [0.25, 0.3) is 0 Å². The van der Waals surface area contributed by atoms with Crippen LogP contribution in [0.5, 0.6) is 11.5 Å². The fraction of sp³-hybridized carbons (Fsp3) is 0.417. The summed E-state index contributed by atoms with van der Waals surface area (Å²) >= 11 is 0. The van der Waals surface area contributed by atoms with Crippen LogP contribution in [0.3, 0.4) is 0 Å². The largest absolute Gasteiger partial charge is 0.502 e. The maximum Gasteiger partial charge on any atom is 0.306 e. The monoisotopic (exact) mass is 425 g/mol. The number of fused-ring (bicyclic) bond motifs is 1. The lowest BCUT2D eigenvalue weighted by atomic mass is 9.89. The lowest BCUT2D eigenvalue weighted by Crippen LogP contribution is -2.29. The summed E-state index contributed by atoms with van der Waals surface area (Å²) in [6.45, 7) is 2.60. The molecule has 1 atom stereocenters. The highest BCUT2D eigenvalue weighted by atomic mass is 16.5. The van der Waals surface area contributed by atoms with E-state index in [0.29, 0.717) is 12.3 Å². The van der Waals surface area contributed by atoms with Gasteiger partial charge in [-0.05, 0) is 43.6 Å². The highest BCUT2D eigenvalue weighted by Gasteiger charge is 2.30. The summed E-state index contributed by atoms with van der Waals surface area (Å²) in [5.74, 6) is -0.307. The standard InChI is InChI=1S/C24H27NO6/c1-29-22(27)13-19(17-11-16-7-3-4-8-21(16)30-15-17)24-23(28)20(26)12-18(31-24)14-25-9-5-2-6-10-25/h3-4,7-8,11-12,19,28H,2,5-6,9-10,13-15H2,1H3. The Hall–Kier alpha value is -3.06. The van der Waals surface area contributed by atoms with E-state index in [4.69, 9.17) is 13.9 Å². The Morgan fingerprint density at radius 3 is 2.77 bits per heavy atom. The lowest BCUT2D eigenvalue weighted by molar-refractivity contribution is -0.141. The molecule has 2 aromatic rings. The minimum absolute atomic E-state index is 0.0719. The predicted octanol–water partition coefficient (Wildman–Crippen LogP) is 3.45. The molecule has 0 spiro atoms. The zero-order valence-corrected chi connectivity index (χ0v) is 17.6. The number of methoxy groups -OCH3 is 1. The third-order valence-electron chi connectivity index (χ3n) is 5.84. The molecule has 0 radical (unpaired) electrons. The Morgan fingerprint density at radius 2 is 2.00 bits per heavy atom. The Morgan fingerprint density at radius 1 is 1.23 bits per heavy atom. The first kappa shape index (κ1) is 21.2. The molecule has 7 nitrogen and oxygen atoms in total. The van der Waals surface area contributed by atoms with E-state index in [0.717, 1.165) is 42.8 Å². The van der Waals surface area contributed by atoms with Crippen molar-refractivity contribution in [2.45, 2.75) is 38.1 Å². The molecule has 0 saturated carbocycles. The first-order chi connectivity index (χ1) is 15.0. The van der Waals surface area contributed by atoms with Crippen molar-refractivity contribution in [1.29, 1.82) is 0 Å². The third-order valence-corrected chi connectivity index (χ3v) is 5.84. The highest BCUT2D eigenvalue weighted by Crippen LogP contribution is 2.38. The molecule has 1 aromatic heterocycles. The van der Waals surface area contributed by atoms with E-state index in [1.807, 2.05) is 30.3 Å². The average molecular weight is 425 g/mol. The van der Waals surface area contributed by atoms with Crippen molar-refractivity contribution in [2.75, 3.05) is 26.8 Å². The lowest BCUT2D eigenvalue weighted by Gasteiger charge is -2.27. The number of aromatic hydroxyl groups is 1. The maximum atomic E-state index is 12.5. The van der Waals surface area contributed by atoms with Gasteiger partial charge in [-0.2, -0.15) is 0 Å². The van der Waals surface area contributed by atoms with E-state index in [1.54, 1.807) is 0 Å². The molecular formula is C24H27NO6. The minimum Gasteiger partial charge on any atom is -0.502 e. The number of benzene rings is 1. The van der Waals surface area contributed by atoms with Crippen LogP contribution in [0.2, 0.25) is 0 Å². The molecule has 1 saturated heterocycles. The van der Waals surface area contributed by atoms with Crippen LogP contribution in [-0.2, 0) is 16.1 Å². The first-order valence-corrected chi connectivity index (χ1v) is 10.6. The topological polar surface area (TPSA) is 89.2 Å². The van der Waals surface area contributed by atoms with Gasteiger partial charge in [-0.15, -0.1) is 0 Å². The number of carbonyl (C=O) groups excluding carboxylic acids is 1. The molecule has 164 valence electrons. The molecule has 0 amide bonds. The van der Waals surface area contributed by atoms with Gasteiger partial charge in [-0.25, -0.2) is 0 Å². The Labute approximate surface area is 180 Å². The number of esters is 1. The van der Waals surface area contributed by atoms with Crippen LogP contribution in [0.15, 0.2) is 45.1 Å². The number of piperidine rings is 1. The van der Waals surface area contributed by atoms with Crippen molar-refractivity contribution in [2.24, 2.45) is 0 Å². The molecule has 1 fully saturated rings. The second kappa shape index (κ2) is 9.39. The van der Waals surface area contributed by atoms with Crippen LogP contribution < -0.4 is 10.2 Å². The van der Waals surface area contributed by atoms with Crippen molar-refractivity contribution in [3.05, 3.63) is 63.2 Å². The fourth-order valence-corrected chi connectivity index (χ4v) is 4.18. The fourth-order valence-electron chi connectivity index (χ4n) is 4.18. The average Bonchev–Trinajstić information content (AvgIpc) is 2.80. The van der Waals surface area contributed by atoms with Crippen LogP contribution in [-0.4, -0.2) is 42.8 Å². The SMILES string of the molecule is COC(=O)CC(C1=Cc2ccccc2OC1)c1oc(CN2CCCCC2)cc(=O)c1O. The number of carbonyl (C=O) groups is 1. The van der Waals surface area contributed by atoms with Crippen molar-refractivity contribution >= 4 is 12.0 Å². The Balaban J connectivity index is 1.72. The quantitative estimate of drug-likeness (QED) is 0.709. The van der Waals surface area contributed by atoms with Gasteiger partial charge in [0.05, 0.1) is 26.0 Å². The van der Waals surface area contributed by atoms with Crippen LogP contribution in [0.4, 0.5) is 0 Å². The Kier molecular flexibility index (Phi) is 6.42. The first-order valence-electron chi connectivity index (χ1n) is 10.6. The molecule has 31 heavy (non-hydrogen) atoms. The van der Waals surface area contributed by atoms with Gasteiger partial charge in [0.1, 0.15) is 18.1 Å². The minimum atomic E-state index is -0.671. The van der Waals surface area contributed by atoms with Crippen LogP contribution >= 0.6 is 0 Å². The van der Waals surface area contributed by atoms with Crippen LogP contribution in [0.1, 0.15) is 48.7 Å². The summed E-state index contributed by atoms with van der Waals surface area (Å²) in [6.07, 6.45) is 5.28. The van der Waals surface area contributed by atoms with E-state index >= 15 is 0 Å². The number of likely N-dealkylation sites (tertiary alicyclic amines) is 1. The summed E-state index contributed by atoms with van der Waals surface area (Å²) in [5.41, 5.74) is 1.09. The number of para-hydroxylation sites is 1. The van der Waals surface area contributed by atoms with Gasteiger partial charge in [0.2, 0.25) is 11.2 Å². The number of nitrogens with zero attached hydrogens (tertiary/aromatic N) is 1. The second-order valence-corrected chi connectivity index (χ2v) is 8.01. The third kappa shape index (κ3) is 4.82. The molecule has 1 unspecified atom stereocenters. The summed E-state index contributed by atoms with van der Waals surface area (Å²) in [5, 5.41) is 10.6. The van der Waals surface area contributed by atoms with Crippen molar-refractivity contribution in [1.82, 2.24) is 4.90 Å². The van der Waals surface area contributed by atoms with E-state index in [9.17, 15) is 14.7 Å². The molecule has 1 aromatic carbocycles. The number of rotatable bonds is 6. The summed E-state index contributed by atoms with van der Waals surface area (Å²) in [7, 11) is 1.31. The molecule has 1 N–H and O–H groups in total. The van der Waals surface area contributed by atoms with Crippen molar-refractivity contribution in [3.8, 4) is 11.5 Å². The number of ether oxygens (including phenoxy) is 2. The molecule has 2 aliphatic heterocycles. The molecular weight excluding hydrogens is 398 g/mol. The normalized spacial score (nSPS) is 17.3. The van der Waals surface area contributed by atoms with Gasteiger partial charge >= 0.3 is 5.97 Å². The smallest absolute Gasteiger partial charge is 0.306 e. The number of hydrogen-bond donors (Lipinski definition) is 1.